The number of rotatable bonds is 4. The van der Waals surface area contributed by atoms with Crippen LogP contribution in [-0.2, 0) is 0 Å². The van der Waals surface area contributed by atoms with Gasteiger partial charge >= 0.3 is 0 Å². The maximum atomic E-state index is 5.92. The molecule has 114 valence electrons. The lowest BCUT2D eigenvalue weighted by Crippen LogP contribution is -2.04. The molecule has 5 nitrogen and oxygen atoms in total. The maximum absolute atomic E-state index is 5.92. The highest BCUT2D eigenvalue weighted by Crippen LogP contribution is 2.23. The number of H-pyrrole nitrogens is 1. The van der Waals surface area contributed by atoms with Crippen molar-refractivity contribution < 1.29 is 4.74 Å². The largest absolute Gasteiger partial charge is 0.483 e. The highest BCUT2D eigenvalue weighted by molar-refractivity contribution is 5.77. The summed E-state index contributed by atoms with van der Waals surface area (Å²) in [4.78, 5) is 12.0. The van der Waals surface area contributed by atoms with Gasteiger partial charge in [-0.3, -0.25) is 0 Å². The average Bonchev–Trinajstić information content (AvgIpc) is 3.24. The molecule has 1 N–H and O–H groups in total. The van der Waals surface area contributed by atoms with Crippen LogP contribution in [0, 0.1) is 0 Å². The fraction of sp³-hybridized carbons (Fsp3) is 0.111. The van der Waals surface area contributed by atoms with Gasteiger partial charge in [0.1, 0.15) is 11.6 Å². The van der Waals surface area contributed by atoms with Gasteiger partial charge in [-0.05, 0) is 37.3 Å². The summed E-state index contributed by atoms with van der Waals surface area (Å²) in [5.74, 6) is 1.64. The Kier molecular flexibility index (Phi) is 3.31. The third kappa shape index (κ3) is 2.68. The second-order valence-corrected chi connectivity index (χ2v) is 5.37. The highest BCUT2D eigenvalue weighted by atomic mass is 16.5. The molecule has 4 aromatic rings. The van der Waals surface area contributed by atoms with E-state index in [0.717, 1.165) is 28.3 Å². The molecule has 0 spiro atoms. The smallest absolute Gasteiger partial charge is 0.153 e. The molecular formula is C18H16N4O. The molecule has 0 radical (unpaired) electrons. The predicted molar refractivity (Wildman–Crippen MR) is 88.7 cm³/mol. The highest BCUT2D eigenvalue weighted by Gasteiger charge is 2.13. The molecule has 5 heteroatoms. The molecule has 0 bridgehead atoms. The van der Waals surface area contributed by atoms with Crippen molar-refractivity contribution in [1.29, 1.82) is 0 Å². The molecule has 23 heavy (non-hydrogen) atoms. The lowest BCUT2D eigenvalue weighted by Gasteiger charge is -2.11. The third-order valence-corrected chi connectivity index (χ3v) is 3.73. The van der Waals surface area contributed by atoms with Crippen molar-refractivity contribution in [2.24, 2.45) is 0 Å². The van der Waals surface area contributed by atoms with Crippen LogP contribution >= 0.6 is 0 Å². The number of imidazole rings is 2. The number of nitrogens with zero attached hydrogens (tertiary/aromatic N) is 3. The van der Waals surface area contributed by atoms with E-state index >= 15 is 0 Å². The van der Waals surface area contributed by atoms with Crippen molar-refractivity contribution in [2.75, 3.05) is 0 Å². The van der Waals surface area contributed by atoms with Gasteiger partial charge in [0.15, 0.2) is 6.10 Å². The molecule has 2 aromatic carbocycles. The van der Waals surface area contributed by atoms with Crippen LogP contribution in [0.5, 0.6) is 5.75 Å². The fourth-order valence-electron chi connectivity index (χ4n) is 2.54. The molecule has 0 saturated heterocycles. The maximum Gasteiger partial charge on any atom is 0.153 e. The number of hydrogen-bond acceptors (Lipinski definition) is 3. The summed E-state index contributed by atoms with van der Waals surface area (Å²) >= 11 is 0. The molecule has 0 saturated carbocycles. The normalized spacial score (nSPS) is 12.4. The minimum absolute atomic E-state index is 0.151. The predicted octanol–water partition coefficient (Wildman–Crippen LogP) is 3.89. The number of fused-ring (bicyclic) bond motifs is 1. The van der Waals surface area contributed by atoms with E-state index in [1.165, 1.54) is 0 Å². The van der Waals surface area contributed by atoms with E-state index in [9.17, 15) is 0 Å². The van der Waals surface area contributed by atoms with E-state index < -0.39 is 0 Å². The van der Waals surface area contributed by atoms with Gasteiger partial charge in [0.25, 0.3) is 0 Å². The van der Waals surface area contributed by atoms with Crippen molar-refractivity contribution in [3.05, 3.63) is 73.1 Å². The van der Waals surface area contributed by atoms with E-state index in [-0.39, 0.29) is 6.10 Å². The zero-order chi connectivity index (χ0) is 15.6. The van der Waals surface area contributed by atoms with Gasteiger partial charge in [-0.15, -0.1) is 0 Å². The van der Waals surface area contributed by atoms with Crippen LogP contribution in [-0.4, -0.2) is 19.5 Å². The summed E-state index contributed by atoms with van der Waals surface area (Å²) in [6.07, 6.45) is 5.30. The fourth-order valence-corrected chi connectivity index (χ4v) is 2.54. The van der Waals surface area contributed by atoms with Crippen molar-refractivity contribution in [3.8, 4) is 11.4 Å². The number of aromatic nitrogens is 4. The third-order valence-electron chi connectivity index (χ3n) is 3.73. The van der Waals surface area contributed by atoms with Gasteiger partial charge in [-0.2, -0.15) is 0 Å². The SMILES string of the molecule is C[C@@H](Oc1ccccc1)c1nc2ccc(-n3ccnc3)cc2[nH]1. The topological polar surface area (TPSA) is 55.7 Å². The summed E-state index contributed by atoms with van der Waals surface area (Å²) in [5.41, 5.74) is 2.95. The lowest BCUT2D eigenvalue weighted by atomic mass is 10.3. The first-order valence-corrected chi connectivity index (χ1v) is 7.49. The monoisotopic (exact) mass is 304 g/mol. The van der Waals surface area contributed by atoms with Gasteiger partial charge in [-0.25, -0.2) is 9.97 Å². The lowest BCUT2D eigenvalue weighted by molar-refractivity contribution is 0.218. The first kappa shape index (κ1) is 13.6. The van der Waals surface area contributed by atoms with E-state index in [1.54, 1.807) is 12.5 Å². The number of benzene rings is 2. The van der Waals surface area contributed by atoms with E-state index in [4.69, 9.17) is 4.74 Å². The molecule has 0 aliphatic heterocycles. The molecule has 0 aliphatic carbocycles. The van der Waals surface area contributed by atoms with Crippen molar-refractivity contribution >= 4 is 11.0 Å². The van der Waals surface area contributed by atoms with Gasteiger partial charge in [0, 0.05) is 18.1 Å². The van der Waals surface area contributed by atoms with Crippen molar-refractivity contribution in [2.45, 2.75) is 13.0 Å². The Labute approximate surface area is 133 Å². The molecule has 0 aliphatic rings. The average molecular weight is 304 g/mol. The van der Waals surface area contributed by atoms with Crippen LogP contribution < -0.4 is 4.74 Å². The Balaban J connectivity index is 1.63. The minimum Gasteiger partial charge on any atom is -0.483 e. The first-order chi connectivity index (χ1) is 11.3. The van der Waals surface area contributed by atoms with E-state index in [0.29, 0.717) is 0 Å². The first-order valence-electron chi connectivity index (χ1n) is 7.49. The van der Waals surface area contributed by atoms with Gasteiger partial charge in [-0.1, -0.05) is 18.2 Å². The van der Waals surface area contributed by atoms with Crippen LogP contribution in [0.2, 0.25) is 0 Å². The summed E-state index contributed by atoms with van der Waals surface area (Å²) in [6.45, 7) is 1.99. The van der Waals surface area contributed by atoms with Gasteiger partial charge in [0.05, 0.1) is 17.4 Å². The summed E-state index contributed by atoms with van der Waals surface area (Å²) in [5, 5.41) is 0. The number of ether oxygens (including phenoxy) is 1. The zero-order valence-corrected chi connectivity index (χ0v) is 12.7. The number of para-hydroxylation sites is 1. The van der Waals surface area contributed by atoms with Crippen LogP contribution in [0.15, 0.2) is 67.3 Å². The number of nitrogens with one attached hydrogen (secondary N) is 1. The number of hydrogen-bond donors (Lipinski definition) is 1. The Hall–Kier alpha value is -3.08. The Morgan fingerprint density at radius 3 is 2.78 bits per heavy atom. The molecular weight excluding hydrogens is 288 g/mol. The van der Waals surface area contributed by atoms with E-state index in [2.05, 4.69) is 21.0 Å². The van der Waals surface area contributed by atoms with Crippen molar-refractivity contribution in [1.82, 2.24) is 19.5 Å². The van der Waals surface area contributed by atoms with Crippen LogP contribution in [0.3, 0.4) is 0 Å². The molecule has 2 heterocycles. The summed E-state index contributed by atoms with van der Waals surface area (Å²) < 4.78 is 7.89. The van der Waals surface area contributed by atoms with Gasteiger partial charge < -0.3 is 14.3 Å². The molecule has 1 atom stereocenters. The quantitative estimate of drug-likeness (QED) is 0.622. The molecule has 0 unspecified atom stereocenters. The molecule has 0 amide bonds. The second-order valence-electron chi connectivity index (χ2n) is 5.37. The molecule has 4 rings (SSSR count). The Morgan fingerprint density at radius 1 is 1.13 bits per heavy atom. The number of aromatic amines is 1. The van der Waals surface area contributed by atoms with Crippen LogP contribution in [0.1, 0.15) is 18.9 Å². The van der Waals surface area contributed by atoms with Crippen molar-refractivity contribution in [3.63, 3.8) is 0 Å². The van der Waals surface area contributed by atoms with Crippen LogP contribution in [0.4, 0.5) is 0 Å². The van der Waals surface area contributed by atoms with Gasteiger partial charge in [0.2, 0.25) is 0 Å². The Bertz CT molecular complexity index is 913. The molecule has 0 fully saturated rings. The standard InChI is InChI=1S/C18H16N4O/c1-13(23-15-5-3-2-4-6-15)18-20-16-8-7-14(11-17(16)21-18)22-10-9-19-12-22/h2-13H,1H3,(H,20,21)/t13-/m1/s1. The minimum atomic E-state index is -0.151. The molecule has 2 aromatic heterocycles. The van der Waals surface area contributed by atoms with E-state index in [1.807, 2.05) is 60.2 Å². The summed E-state index contributed by atoms with van der Waals surface area (Å²) in [7, 11) is 0. The van der Waals surface area contributed by atoms with Crippen LogP contribution in [0.25, 0.3) is 16.7 Å². The Morgan fingerprint density at radius 2 is 2.00 bits per heavy atom. The summed E-state index contributed by atoms with van der Waals surface area (Å²) in [6, 6.07) is 15.8. The second kappa shape index (κ2) is 5.61. The zero-order valence-electron chi connectivity index (χ0n) is 12.7.